The molecular formula is C18H25NO5S2. The Labute approximate surface area is 159 Å². The Morgan fingerprint density at radius 1 is 1.23 bits per heavy atom. The van der Waals surface area contributed by atoms with Crippen LogP contribution in [0.25, 0.3) is 10.4 Å². The summed E-state index contributed by atoms with van der Waals surface area (Å²) in [7, 11) is 0.390. The van der Waals surface area contributed by atoms with Crippen LogP contribution in [-0.4, -0.2) is 53.4 Å². The van der Waals surface area contributed by atoms with E-state index in [4.69, 9.17) is 0 Å². The van der Waals surface area contributed by atoms with E-state index in [1.807, 2.05) is 41.8 Å². The second kappa shape index (κ2) is 13.2. The number of methoxy groups -OCH3 is 1. The van der Waals surface area contributed by atoms with Gasteiger partial charge in [-0.25, -0.2) is 8.42 Å². The van der Waals surface area contributed by atoms with E-state index < -0.39 is 9.84 Å². The molecule has 0 aliphatic heterocycles. The molecular weight excluding hydrogens is 374 g/mol. The van der Waals surface area contributed by atoms with Crippen LogP contribution in [0.5, 0.6) is 0 Å². The van der Waals surface area contributed by atoms with Gasteiger partial charge in [0.15, 0.2) is 6.29 Å². The molecule has 0 bridgehead atoms. The van der Waals surface area contributed by atoms with E-state index >= 15 is 0 Å². The highest BCUT2D eigenvalue weighted by Crippen LogP contribution is 2.26. The van der Waals surface area contributed by atoms with Crippen LogP contribution in [0.4, 0.5) is 0 Å². The molecule has 0 spiro atoms. The highest BCUT2D eigenvalue weighted by molar-refractivity contribution is 7.90. The number of rotatable bonds is 5. The smallest absolute Gasteiger partial charge is 0.319 e. The van der Waals surface area contributed by atoms with Gasteiger partial charge in [-0.2, -0.15) is 0 Å². The van der Waals surface area contributed by atoms with Crippen molar-refractivity contribution < 1.29 is 22.7 Å². The number of benzene rings is 1. The summed E-state index contributed by atoms with van der Waals surface area (Å²) < 4.78 is 24.3. The van der Waals surface area contributed by atoms with Crippen molar-refractivity contribution in [3.05, 3.63) is 47.3 Å². The van der Waals surface area contributed by atoms with E-state index in [9.17, 15) is 18.0 Å². The first-order valence-corrected chi connectivity index (χ1v) is 10.7. The van der Waals surface area contributed by atoms with E-state index in [-0.39, 0.29) is 18.3 Å². The summed E-state index contributed by atoms with van der Waals surface area (Å²) in [5, 5.41) is 4.65. The average Bonchev–Trinajstić information content (AvgIpc) is 3.17. The summed E-state index contributed by atoms with van der Waals surface area (Å²) in [4.78, 5) is 22.0. The average molecular weight is 400 g/mol. The lowest BCUT2D eigenvalue weighted by Crippen LogP contribution is -2.19. The van der Waals surface area contributed by atoms with Crippen molar-refractivity contribution in [1.82, 2.24) is 5.32 Å². The number of carbonyl (C=O) groups excluding carboxylic acids is 2. The van der Waals surface area contributed by atoms with E-state index in [0.717, 1.165) is 22.3 Å². The molecule has 1 N–H and O–H groups in total. The zero-order valence-electron chi connectivity index (χ0n) is 15.4. The van der Waals surface area contributed by atoms with Crippen molar-refractivity contribution in [2.24, 2.45) is 0 Å². The first kappa shape index (κ1) is 24.0. The second-order valence-electron chi connectivity index (χ2n) is 5.00. The van der Waals surface area contributed by atoms with Gasteiger partial charge in [0.05, 0.1) is 13.7 Å². The summed E-state index contributed by atoms with van der Waals surface area (Å²) in [6.45, 7) is 1.91. The molecule has 0 unspecified atom stereocenters. The summed E-state index contributed by atoms with van der Waals surface area (Å²) in [6.07, 6.45) is 2.11. The molecule has 0 radical (unpaired) electrons. The molecule has 0 saturated heterocycles. The van der Waals surface area contributed by atoms with Crippen molar-refractivity contribution in [2.45, 2.75) is 6.92 Å². The Bertz CT molecular complexity index is 756. The summed E-state index contributed by atoms with van der Waals surface area (Å²) >= 11 is 1.65. The van der Waals surface area contributed by atoms with E-state index in [0.29, 0.717) is 0 Å². The van der Waals surface area contributed by atoms with Crippen LogP contribution in [0.1, 0.15) is 17.3 Å². The first-order valence-electron chi connectivity index (χ1n) is 7.76. The van der Waals surface area contributed by atoms with Gasteiger partial charge in [-0.3, -0.25) is 9.59 Å². The Hall–Kier alpha value is -2.03. The van der Waals surface area contributed by atoms with E-state index in [1.165, 1.54) is 13.4 Å². The molecule has 26 heavy (non-hydrogen) atoms. The molecule has 1 aromatic carbocycles. The van der Waals surface area contributed by atoms with Crippen LogP contribution in [0.2, 0.25) is 0 Å². The maximum atomic E-state index is 10.7. The molecule has 1 heterocycles. The van der Waals surface area contributed by atoms with E-state index in [1.54, 1.807) is 25.3 Å². The minimum absolute atomic E-state index is 0.234. The number of nitrogens with one attached hydrogen (secondary N) is 1. The number of thiophene rings is 1. The van der Waals surface area contributed by atoms with Gasteiger partial charge in [0, 0.05) is 28.0 Å². The molecule has 6 nitrogen and oxygen atoms in total. The summed E-state index contributed by atoms with van der Waals surface area (Å²) in [6, 6.07) is 11.6. The zero-order valence-corrected chi connectivity index (χ0v) is 17.0. The van der Waals surface area contributed by atoms with Crippen molar-refractivity contribution in [1.29, 1.82) is 0 Å². The van der Waals surface area contributed by atoms with Crippen molar-refractivity contribution in [3.8, 4) is 10.4 Å². The van der Waals surface area contributed by atoms with Crippen LogP contribution in [0, 0.1) is 0 Å². The fourth-order valence-corrected chi connectivity index (χ4v) is 2.25. The van der Waals surface area contributed by atoms with Gasteiger partial charge in [0.1, 0.15) is 9.84 Å². The fourth-order valence-electron chi connectivity index (χ4n) is 1.47. The van der Waals surface area contributed by atoms with Crippen LogP contribution < -0.4 is 5.32 Å². The molecule has 0 amide bonds. The van der Waals surface area contributed by atoms with Gasteiger partial charge in [0.2, 0.25) is 0 Å². The normalized spacial score (nSPS) is 9.85. The number of sulfone groups is 1. The minimum atomic E-state index is -2.66. The molecule has 2 aromatic rings. The molecule has 8 heteroatoms. The number of carbonyl (C=O) groups is 2. The number of hydrogen-bond donors (Lipinski definition) is 1. The quantitative estimate of drug-likeness (QED) is 0.614. The molecule has 0 aliphatic rings. The van der Waals surface area contributed by atoms with Gasteiger partial charge in [-0.05, 0) is 18.5 Å². The highest BCUT2D eigenvalue weighted by Gasteiger charge is 2.02. The molecule has 2 rings (SSSR count). The number of esters is 1. The van der Waals surface area contributed by atoms with Gasteiger partial charge >= 0.3 is 5.97 Å². The molecule has 1 aromatic heterocycles. The predicted molar refractivity (Wildman–Crippen MR) is 106 cm³/mol. The Kier molecular flexibility index (Phi) is 12.2. The third kappa shape index (κ3) is 10.8. The SMILES string of the molecule is CCS(C)(=O)=O.CNCC(=O)OC.O=Cc1ccccc1-c1cccs1. The number of aldehydes is 1. The fraction of sp³-hybridized carbons (Fsp3) is 0.333. The van der Waals surface area contributed by atoms with Crippen LogP contribution in [-0.2, 0) is 19.4 Å². The Balaban J connectivity index is 0.000000411. The monoisotopic (exact) mass is 399 g/mol. The number of hydrogen-bond acceptors (Lipinski definition) is 7. The predicted octanol–water partition coefficient (Wildman–Crippen LogP) is 2.66. The minimum Gasteiger partial charge on any atom is -0.468 e. The third-order valence-electron chi connectivity index (χ3n) is 2.95. The highest BCUT2D eigenvalue weighted by atomic mass is 32.2. The molecule has 0 aliphatic carbocycles. The number of ether oxygens (including phenoxy) is 1. The second-order valence-corrected chi connectivity index (χ2v) is 8.38. The number of likely N-dealkylation sites (N-methyl/N-ethyl adjacent to an activating group) is 1. The van der Waals surface area contributed by atoms with Gasteiger partial charge in [-0.1, -0.05) is 37.3 Å². The largest absolute Gasteiger partial charge is 0.468 e. The Morgan fingerprint density at radius 2 is 1.85 bits per heavy atom. The van der Waals surface area contributed by atoms with Crippen molar-refractivity contribution in [2.75, 3.05) is 32.7 Å². The van der Waals surface area contributed by atoms with Crippen LogP contribution >= 0.6 is 11.3 Å². The van der Waals surface area contributed by atoms with Gasteiger partial charge in [0.25, 0.3) is 0 Å². The summed E-state index contributed by atoms with van der Waals surface area (Å²) in [5.41, 5.74) is 1.78. The zero-order chi connectivity index (χ0) is 20.0. The summed E-state index contributed by atoms with van der Waals surface area (Å²) in [5.74, 6) is 0.00926. The lowest BCUT2D eigenvalue weighted by Gasteiger charge is -1.99. The lowest BCUT2D eigenvalue weighted by molar-refractivity contribution is -0.139. The Morgan fingerprint density at radius 3 is 2.23 bits per heavy atom. The van der Waals surface area contributed by atoms with Crippen molar-refractivity contribution >= 4 is 33.4 Å². The first-order chi connectivity index (χ1) is 12.3. The maximum Gasteiger partial charge on any atom is 0.319 e. The van der Waals surface area contributed by atoms with Gasteiger partial charge < -0.3 is 10.1 Å². The molecule has 0 fully saturated rings. The molecule has 0 saturated carbocycles. The maximum absolute atomic E-state index is 10.7. The van der Waals surface area contributed by atoms with E-state index in [2.05, 4.69) is 10.1 Å². The standard InChI is InChI=1S/C11H8OS.C4H9NO2.C3H8O2S/c12-8-9-4-1-2-5-10(9)11-6-3-7-13-11;1-5-3-4(6)7-2;1-3-6(2,4)5/h1-8H;5H,3H2,1-2H3;3H2,1-2H3. The topological polar surface area (TPSA) is 89.5 Å². The lowest BCUT2D eigenvalue weighted by atomic mass is 10.1. The molecule has 0 atom stereocenters. The van der Waals surface area contributed by atoms with Crippen molar-refractivity contribution in [3.63, 3.8) is 0 Å². The molecule has 144 valence electrons. The third-order valence-corrected chi connectivity index (χ3v) is 4.90. The van der Waals surface area contributed by atoms with Crippen LogP contribution in [0.3, 0.4) is 0 Å². The van der Waals surface area contributed by atoms with Crippen LogP contribution in [0.15, 0.2) is 41.8 Å². The van der Waals surface area contributed by atoms with Gasteiger partial charge in [-0.15, -0.1) is 11.3 Å².